The van der Waals surface area contributed by atoms with Gasteiger partial charge in [0, 0.05) is 25.7 Å². The molecular formula is C17H20N6O2. The molecule has 2 aromatic rings. The molecule has 0 amide bonds. The van der Waals surface area contributed by atoms with Crippen LogP contribution in [-0.2, 0) is 17.2 Å². The molecule has 130 valence electrons. The Morgan fingerprint density at radius 2 is 2.08 bits per heavy atom. The number of nitrogens with two attached hydrogens (primary N) is 1. The maximum Gasteiger partial charge on any atom is 0.256 e. The highest BCUT2D eigenvalue weighted by molar-refractivity contribution is 5.86. The summed E-state index contributed by atoms with van der Waals surface area (Å²) in [7, 11) is 1.66. The van der Waals surface area contributed by atoms with Crippen molar-refractivity contribution < 1.29 is 4.74 Å². The highest BCUT2D eigenvalue weighted by atomic mass is 16.5. The zero-order chi connectivity index (χ0) is 17.6. The lowest BCUT2D eigenvalue weighted by Gasteiger charge is -2.43. The summed E-state index contributed by atoms with van der Waals surface area (Å²) >= 11 is 0. The average Bonchev–Trinajstić information content (AvgIpc) is 2.58. The van der Waals surface area contributed by atoms with Gasteiger partial charge in [-0.3, -0.25) is 14.3 Å². The Balaban J connectivity index is 1.77. The molecule has 4 heterocycles. The average molecular weight is 340 g/mol. The van der Waals surface area contributed by atoms with Crippen molar-refractivity contribution in [1.82, 2.24) is 19.4 Å². The highest BCUT2D eigenvalue weighted by Crippen LogP contribution is 2.35. The van der Waals surface area contributed by atoms with Gasteiger partial charge in [-0.05, 0) is 18.9 Å². The Hall–Kier alpha value is -2.50. The molecule has 0 unspecified atom stereocenters. The molecule has 8 heteroatoms. The summed E-state index contributed by atoms with van der Waals surface area (Å²) in [6.45, 7) is 3.07. The Labute approximate surface area is 144 Å². The predicted octanol–water partition coefficient (Wildman–Crippen LogP) is 0.167. The number of piperidine rings is 1. The number of aromatic nitrogens is 3. The minimum absolute atomic E-state index is 0.187. The number of anilines is 1. The fourth-order valence-electron chi connectivity index (χ4n) is 3.78. The van der Waals surface area contributed by atoms with E-state index in [4.69, 9.17) is 10.5 Å². The molecule has 2 aromatic heterocycles. The Kier molecular flexibility index (Phi) is 3.71. The monoisotopic (exact) mass is 340 g/mol. The van der Waals surface area contributed by atoms with Gasteiger partial charge in [-0.15, -0.1) is 0 Å². The maximum absolute atomic E-state index is 12.9. The van der Waals surface area contributed by atoms with Gasteiger partial charge in [-0.1, -0.05) is 0 Å². The predicted molar refractivity (Wildman–Crippen MR) is 91.9 cm³/mol. The lowest BCUT2D eigenvalue weighted by molar-refractivity contribution is -0.0736. The minimum Gasteiger partial charge on any atom is -0.383 e. The summed E-state index contributed by atoms with van der Waals surface area (Å²) in [5.41, 5.74) is 5.97. The van der Waals surface area contributed by atoms with Gasteiger partial charge in [0.05, 0.1) is 36.1 Å². The number of nitrogen functional groups attached to an aromatic ring is 1. The van der Waals surface area contributed by atoms with Gasteiger partial charge in [0.2, 0.25) is 0 Å². The first-order valence-electron chi connectivity index (χ1n) is 8.39. The molecule has 25 heavy (non-hydrogen) atoms. The van der Waals surface area contributed by atoms with Crippen LogP contribution in [0.4, 0.5) is 5.82 Å². The van der Waals surface area contributed by atoms with Crippen LogP contribution in [0.2, 0.25) is 0 Å². The van der Waals surface area contributed by atoms with E-state index in [1.807, 2.05) is 0 Å². The number of hydrogen-bond acceptors (Lipinski definition) is 7. The van der Waals surface area contributed by atoms with E-state index in [1.165, 1.54) is 10.9 Å². The van der Waals surface area contributed by atoms with Crippen LogP contribution in [0.15, 0.2) is 17.2 Å². The summed E-state index contributed by atoms with van der Waals surface area (Å²) in [6.07, 6.45) is 2.58. The van der Waals surface area contributed by atoms with Crippen molar-refractivity contribution in [2.75, 3.05) is 32.0 Å². The number of aryl methyl sites for hydroxylation is 1. The van der Waals surface area contributed by atoms with E-state index in [-0.39, 0.29) is 5.56 Å². The Morgan fingerprint density at radius 3 is 2.68 bits per heavy atom. The van der Waals surface area contributed by atoms with Crippen molar-refractivity contribution in [3.05, 3.63) is 28.3 Å². The molecule has 0 saturated carbocycles. The second kappa shape index (κ2) is 5.79. The van der Waals surface area contributed by atoms with Crippen LogP contribution in [0.25, 0.3) is 11.0 Å². The van der Waals surface area contributed by atoms with E-state index in [9.17, 15) is 10.1 Å². The van der Waals surface area contributed by atoms with Gasteiger partial charge in [-0.2, -0.15) is 5.26 Å². The van der Waals surface area contributed by atoms with Crippen molar-refractivity contribution >= 4 is 16.9 Å². The van der Waals surface area contributed by atoms with Crippen molar-refractivity contribution in [3.63, 3.8) is 0 Å². The molecule has 0 bridgehead atoms. The third kappa shape index (κ3) is 2.39. The second-order valence-electron chi connectivity index (χ2n) is 6.84. The number of nitrogens with zero attached hydrogens (tertiary/aromatic N) is 5. The Morgan fingerprint density at radius 1 is 1.36 bits per heavy atom. The van der Waals surface area contributed by atoms with E-state index in [2.05, 4.69) is 20.9 Å². The molecule has 0 spiro atoms. The van der Waals surface area contributed by atoms with Crippen molar-refractivity contribution in [1.29, 1.82) is 5.26 Å². The molecule has 0 radical (unpaired) electrons. The van der Waals surface area contributed by atoms with Crippen molar-refractivity contribution in [2.24, 2.45) is 7.05 Å². The third-order valence-electron chi connectivity index (χ3n) is 5.55. The quantitative estimate of drug-likeness (QED) is 0.829. The molecule has 2 aliphatic heterocycles. The molecule has 0 aliphatic carbocycles. The molecule has 0 atom stereocenters. The van der Waals surface area contributed by atoms with Crippen LogP contribution in [0.1, 0.15) is 18.4 Å². The van der Waals surface area contributed by atoms with Gasteiger partial charge >= 0.3 is 0 Å². The van der Waals surface area contributed by atoms with Crippen LogP contribution in [0.5, 0.6) is 0 Å². The number of hydrogen-bond donors (Lipinski definition) is 1. The van der Waals surface area contributed by atoms with Gasteiger partial charge in [0.15, 0.2) is 0 Å². The molecule has 2 saturated heterocycles. The van der Waals surface area contributed by atoms with Crippen LogP contribution in [-0.4, -0.2) is 51.8 Å². The number of likely N-dealkylation sites (tertiary alicyclic amines) is 1. The zero-order valence-corrected chi connectivity index (χ0v) is 14.1. The van der Waals surface area contributed by atoms with Gasteiger partial charge in [-0.25, -0.2) is 9.97 Å². The van der Waals surface area contributed by atoms with E-state index in [1.54, 1.807) is 13.1 Å². The highest BCUT2D eigenvalue weighted by Gasteiger charge is 2.41. The summed E-state index contributed by atoms with van der Waals surface area (Å²) in [6, 6.07) is 4.59. The van der Waals surface area contributed by atoms with Crippen molar-refractivity contribution in [2.45, 2.75) is 24.3 Å². The van der Waals surface area contributed by atoms with E-state index in [0.29, 0.717) is 41.3 Å². The molecule has 2 aliphatic rings. The van der Waals surface area contributed by atoms with Crippen molar-refractivity contribution in [3.8, 4) is 6.07 Å². The SMILES string of the molecule is Cn1c(=O)c(C2(C#N)CCN(C3COC3)CC2)cc2c(N)ncnc21. The van der Waals surface area contributed by atoms with Crippen LogP contribution >= 0.6 is 0 Å². The number of nitriles is 1. The van der Waals surface area contributed by atoms with Gasteiger partial charge in [0.1, 0.15) is 17.8 Å². The first kappa shape index (κ1) is 16.0. The molecule has 2 fully saturated rings. The van der Waals surface area contributed by atoms with Crippen LogP contribution < -0.4 is 11.3 Å². The van der Waals surface area contributed by atoms with Gasteiger partial charge < -0.3 is 10.5 Å². The van der Waals surface area contributed by atoms with E-state index in [0.717, 1.165) is 26.3 Å². The number of pyridine rings is 1. The molecular weight excluding hydrogens is 320 g/mol. The summed E-state index contributed by atoms with van der Waals surface area (Å²) in [4.78, 5) is 23.4. The lowest BCUT2D eigenvalue weighted by Crippen LogP contribution is -2.54. The summed E-state index contributed by atoms with van der Waals surface area (Å²) < 4.78 is 6.73. The molecule has 2 N–H and O–H groups in total. The van der Waals surface area contributed by atoms with E-state index < -0.39 is 5.41 Å². The normalized spacial score (nSPS) is 21.0. The third-order valence-corrected chi connectivity index (χ3v) is 5.55. The maximum atomic E-state index is 12.9. The zero-order valence-electron chi connectivity index (χ0n) is 14.1. The number of ether oxygens (including phenoxy) is 1. The molecule has 8 nitrogen and oxygen atoms in total. The first-order chi connectivity index (χ1) is 12.1. The van der Waals surface area contributed by atoms with Gasteiger partial charge in [0.25, 0.3) is 5.56 Å². The molecule has 4 rings (SSSR count). The van der Waals surface area contributed by atoms with E-state index >= 15 is 0 Å². The second-order valence-corrected chi connectivity index (χ2v) is 6.84. The minimum atomic E-state index is -0.799. The fraction of sp³-hybridized carbons (Fsp3) is 0.529. The smallest absolute Gasteiger partial charge is 0.256 e. The topological polar surface area (TPSA) is 110 Å². The number of rotatable bonds is 2. The summed E-state index contributed by atoms with van der Waals surface area (Å²) in [5, 5.41) is 10.6. The Bertz CT molecular complexity index is 919. The fourth-order valence-corrected chi connectivity index (χ4v) is 3.78. The standard InChI is InChI=1S/C17H20N6O2/c1-22-15-12(14(19)20-10-21-15)6-13(16(22)24)17(9-18)2-4-23(5-3-17)11-7-25-8-11/h6,10-11H,2-5,7-8H2,1H3,(H2,19,20,21). The first-order valence-corrected chi connectivity index (χ1v) is 8.39. The number of fused-ring (bicyclic) bond motifs is 1. The summed E-state index contributed by atoms with van der Waals surface area (Å²) in [5.74, 6) is 0.319. The van der Waals surface area contributed by atoms with Crippen LogP contribution in [0, 0.1) is 11.3 Å². The van der Waals surface area contributed by atoms with Crippen LogP contribution in [0.3, 0.4) is 0 Å². The largest absolute Gasteiger partial charge is 0.383 e. The lowest BCUT2D eigenvalue weighted by atomic mass is 9.74. The molecule has 0 aromatic carbocycles.